The van der Waals surface area contributed by atoms with E-state index in [2.05, 4.69) is 5.32 Å². The van der Waals surface area contributed by atoms with Crippen LogP contribution in [-0.4, -0.2) is 23.6 Å². The molecule has 20 heavy (non-hydrogen) atoms. The van der Waals surface area contributed by atoms with Crippen LogP contribution >= 0.6 is 0 Å². The Morgan fingerprint density at radius 3 is 2.45 bits per heavy atom. The number of hydrogen-bond donors (Lipinski definition) is 2. The molecule has 1 heterocycles. The van der Waals surface area contributed by atoms with Crippen molar-refractivity contribution in [3.05, 3.63) is 47.9 Å². The highest BCUT2D eigenvalue weighted by molar-refractivity contribution is 6.02. The van der Waals surface area contributed by atoms with Crippen molar-refractivity contribution in [2.24, 2.45) is 0 Å². The molecule has 0 aliphatic carbocycles. The maximum atomic E-state index is 11.8. The van der Waals surface area contributed by atoms with E-state index in [4.69, 9.17) is 14.3 Å². The van der Waals surface area contributed by atoms with Crippen LogP contribution < -0.4 is 10.1 Å². The van der Waals surface area contributed by atoms with Crippen LogP contribution in [0.25, 0.3) is 0 Å². The molecule has 6 heteroatoms. The van der Waals surface area contributed by atoms with E-state index in [0.29, 0.717) is 17.2 Å². The first-order valence-electron chi connectivity index (χ1n) is 5.87. The average Bonchev–Trinajstić information content (AvgIpc) is 2.85. The largest absolute Gasteiger partial charge is 0.482 e. The van der Waals surface area contributed by atoms with Crippen LogP contribution in [-0.2, 0) is 4.79 Å². The Morgan fingerprint density at radius 1 is 1.20 bits per heavy atom. The van der Waals surface area contributed by atoms with Crippen LogP contribution in [0.4, 0.5) is 5.69 Å². The number of aryl methyl sites for hydroxylation is 1. The summed E-state index contributed by atoms with van der Waals surface area (Å²) in [6.07, 6.45) is 0. The van der Waals surface area contributed by atoms with Gasteiger partial charge in [-0.25, -0.2) is 4.79 Å². The topological polar surface area (TPSA) is 88.8 Å². The minimum Gasteiger partial charge on any atom is -0.482 e. The quantitative estimate of drug-likeness (QED) is 0.874. The first-order chi connectivity index (χ1) is 9.54. The molecule has 1 aromatic heterocycles. The second kappa shape index (κ2) is 5.92. The summed E-state index contributed by atoms with van der Waals surface area (Å²) in [7, 11) is 0. The molecule has 0 aliphatic heterocycles. The molecule has 0 aliphatic rings. The molecule has 1 aromatic carbocycles. The minimum absolute atomic E-state index is 0.230. The van der Waals surface area contributed by atoms with Gasteiger partial charge in [0.25, 0.3) is 5.91 Å². The number of nitrogens with one attached hydrogen (secondary N) is 1. The van der Waals surface area contributed by atoms with Gasteiger partial charge in [-0.15, -0.1) is 0 Å². The third kappa shape index (κ3) is 3.61. The number of ether oxygens (including phenoxy) is 1. The fraction of sp³-hybridized carbons (Fsp3) is 0.143. The minimum atomic E-state index is -1.05. The summed E-state index contributed by atoms with van der Waals surface area (Å²) in [6, 6.07) is 9.68. The highest BCUT2D eigenvalue weighted by atomic mass is 16.5. The molecule has 2 N–H and O–H groups in total. The van der Waals surface area contributed by atoms with Crippen molar-refractivity contribution in [1.29, 1.82) is 0 Å². The number of hydrogen-bond acceptors (Lipinski definition) is 4. The van der Waals surface area contributed by atoms with Gasteiger partial charge in [0, 0.05) is 5.69 Å². The molecular weight excluding hydrogens is 262 g/mol. The Balaban J connectivity index is 1.96. The number of carboxylic acids is 1. The summed E-state index contributed by atoms with van der Waals surface area (Å²) in [4.78, 5) is 22.2. The van der Waals surface area contributed by atoms with Crippen molar-refractivity contribution < 1.29 is 23.8 Å². The zero-order valence-corrected chi connectivity index (χ0v) is 10.8. The molecular formula is C14H13NO5. The molecule has 0 fully saturated rings. The molecule has 1 amide bonds. The van der Waals surface area contributed by atoms with Gasteiger partial charge in [0.15, 0.2) is 12.4 Å². The molecule has 104 valence electrons. The number of anilines is 1. The van der Waals surface area contributed by atoms with Crippen molar-refractivity contribution in [1.82, 2.24) is 0 Å². The first-order valence-corrected chi connectivity index (χ1v) is 5.87. The van der Waals surface area contributed by atoms with E-state index in [9.17, 15) is 9.59 Å². The molecule has 2 aromatic rings. The highest BCUT2D eigenvalue weighted by Gasteiger charge is 2.10. The molecule has 0 spiro atoms. The van der Waals surface area contributed by atoms with Gasteiger partial charge in [-0.2, -0.15) is 0 Å². The van der Waals surface area contributed by atoms with Crippen LogP contribution in [0.3, 0.4) is 0 Å². The summed E-state index contributed by atoms with van der Waals surface area (Å²) in [5.41, 5.74) is 0.562. The summed E-state index contributed by atoms with van der Waals surface area (Å²) in [5, 5.41) is 11.1. The molecule has 2 rings (SSSR count). The third-order valence-corrected chi connectivity index (χ3v) is 2.44. The van der Waals surface area contributed by atoms with E-state index in [-0.39, 0.29) is 11.7 Å². The molecule has 0 unspecified atom stereocenters. The fourth-order valence-corrected chi connectivity index (χ4v) is 1.53. The zero-order chi connectivity index (χ0) is 14.5. The number of carboxylic acid groups (broad SMARTS) is 1. The Labute approximate surface area is 115 Å². The fourth-order valence-electron chi connectivity index (χ4n) is 1.53. The predicted octanol–water partition coefficient (Wildman–Crippen LogP) is 2.30. The number of carbonyl (C=O) groups excluding carboxylic acids is 1. The van der Waals surface area contributed by atoms with Crippen LogP contribution in [0.1, 0.15) is 16.3 Å². The van der Waals surface area contributed by atoms with Crippen molar-refractivity contribution in [3.63, 3.8) is 0 Å². The second-order valence-corrected chi connectivity index (χ2v) is 4.07. The van der Waals surface area contributed by atoms with E-state index in [1.165, 1.54) is 0 Å². The smallest absolute Gasteiger partial charge is 0.341 e. The lowest BCUT2D eigenvalue weighted by Gasteiger charge is -2.06. The zero-order valence-electron chi connectivity index (χ0n) is 10.8. The van der Waals surface area contributed by atoms with E-state index in [1.54, 1.807) is 43.3 Å². The average molecular weight is 275 g/mol. The van der Waals surface area contributed by atoms with Gasteiger partial charge in [-0.05, 0) is 43.3 Å². The van der Waals surface area contributed by atoms with Crippen LogP contribution in [0.15, 0.2) is 40.8 Å². The second-order valence-electron chi connectivity index (χ2n) is 4.07. The number of amides is 1. The normalized spacial score (nSPS) is 10.1. The number of benzene rings is 1. The Kier molecular flexibility index (Phi) is 4.05. The number of rotatable bonds is 5. The Hall–Kier alpha value is -2.76. The van der Waals surface area contributed by atoms with Gasteiger partial charge in [-0.1, -0.05) is 0 Å². The SMILES string of the molecule is Cc1ccc(C(=O)Nc2ccc(OCC(=O)O)cc2)o1. The predicted molar refractivity (Wildman–Crippen MR) is 71.0 cm³/mol. The lowest BCUT2D eigenvalue weighted by atomic mass is 10.3. The van der Waals surface area contributed by atoms with Crippen molar-refractivity contribution >= 4 is 17.6 Å². The Bertz CT molecular complexity index is 615. The third-order valence-electron chi connectivity index (χ3n) is 2.44. The molecule has 6 nitrogen and oxygen atoms in total. The van der Waals surface area contributed by atoms with Crippen molar-refractivity contribution in [3.8, 4) is 5.75 Å². The summed E-state index contributed by atoms with van der Waals surface area (Å²) < 4.78 is 10.2. The van der Waals surface area contributed by atoms with Crippen molar-refractivity contribution in [2.75, 3.05) is 11.9 Å². The van der Waals surface area contributed by atoms with Crippen LogP contribution in [0.2, 0.25) is 0 Å². The van der Waals surface area contributed by atoms with E-state index < -0.39 is 12.6 Å². The highest BCUT2D eigenvalue weighted by Crippen LogP contribution is 2.17. The van der Waals surface area contributed by atoms with Crippen molar-refractivity contribution in [2.45, 2.75) is 6.92 Å². The number of aliphatic carboxylic acids is 1. The van der Waals surface area contributed by atoms with Gasteiger partial charge in [-0.3, -0.25) is 4.79 Å². The maximum absolute atomic E-state index is 11.8. The van der Waals surface area contributed by atoms with Gasteiger partial charge in [0.2, 0.25) is 0 Å². The lowest BCUT2D eigenvalue weighted by Crippen LogP contribution is -2.11. The van der Waals surface area contributed by atoms with Crippen LogP contribution in [0, 0.1) is 6.92 Å². The van der Waals surface area contributed by atoms with Gasteiger partial charge >= 0.3 is 5.97 Å². The molecule has 0 bridgehead atoms. The van der Waals surface area contributed by atoms with Gasteiger partial charge < -0.3 is 19.6 Å². The van der Waals surface area contributed by atoms with Crippen LogP contribution in [0.5, 0.6) is 5.75 Å². The molecule has 0 saturated carbocycles. The first kappa shape index (κ1) is 13.7. The monoisotopic (exact) mass is 275 g/mol. The van der Waals surface area contributed by atoms with Gasteiger partial charge in [0.1, 0.15) is 11.5 Å². The summed E-state index contributed by atoms with van der Waals surface area (Å²) in [6.45, 7) is 1.35. The number of carbonyl (C=O) groups is 2. The van der Waals surface area contributed by atoms with E-state index in [0.717, 1.165) is 0 Å². The van der Waals surface area contributed by atoms with Gasteiger partial charge in [0.05, 0.1) is 0 Å². The number of furan rings is 1. The standard InChI is InChI=1S/C14H13NO5/c1-9-2-7-12(20-9)14(18)15-10-3-5-11(6-4-10)19-8-13(16)17/h2-7H,8H2,1H3,(H,15,18)(H,16,17). The van der Waals surface area contributed by atoms with E-state index in [1.807, 2.05) is 0 Å². The summed E-state index contributed by atoms with van der Waals surface area (Å²) in [5.74, 6) is -0.0895. The molecule has 0 radical (unpaired) electrons. The maximum Gasteiger partial charge on any atom is 0.341 e. The summed E-state index contributed by atoms with van der Waals surface area (Å²) >= 11 is 0. The lowest BCUT2D eigenvalue weighted by molar-refractivity contribution is -0.139. The molecule has 0 saturated heterocycles. The van der Waals surface area contributed by atoms with E-state index >= 15 is 0 Å². The molecule has 0 atom stereocenters. The Morgan fingerprint density at radius 2 is 1.90 bits per heavy atom.